The van der Waals surface area contributed by atoms with E-state index in [1.165, 1.54) is 16.7 Å². The summed E-state index contributed by atoms with van der Waals surface area (Å²) in [6, 6.07) is 14.5. The van der Waals surface area contributed by atoms with Crippen molar-refractivity contribution in [2.24, 2.45) is 23.2 Å². The number of carbonyl (C=O) groups is 1. The third-order valence-electron chi connectivity index (χ3n) is 8.71. The summed E-state index contributed by atoms with van der Waals surface area (Å²) in [4.78, 5) is 13.2. The first-order valence-corrected chi connectivity index (χ1v) is 12.8. The maximum atomic E-state index is 13.2. The highest BCUT2D eigenvalue weighted by Crippen LogP contribution is 2.62. The topological polar surface area (TPSA) is 46.5 Å². The van der Waals surface area contributed by atoms with Gasteiger partial charge in [0.15, 0.2) is 0 Å². The first-order valence-electron chi connectivity index (χ1n) is 12.8. The second-order valence-electron chi connectivity index (χ2n) is 12.0. The minimum Gasteiger partial charge on any atom is -0.508 e. The van der Waals surface area contributed by atoms with Gasteiger partial charge in [0.25, 0.3) is 0 Å². The number of carbonyl (C=O) groups excluding carboxylic acids is 1. The van der Waals surface area contributed by atoms with Crippen molar-refractivity contribution in [2.45, 2.75) is 84.2 Å². The molecule has 2 aromatic rings. The van der Waals surface area contributed by atoms with E-state index in [1.807, 2.05) is 12.1 Å². The molecule has 0 aliphatic heterocycles. The molecule has 2 aromatic carbocycles. The van der Waals surface area contributed by atoms with Crippen molar-refractivity contribution in [2.75, 3.05) is 0 Å². The van der Waals surface area contributed by atoms with Gasteiger partial charge in [0.2, 0.25) is 0 Å². The monoisotopic (exact) mass is 446 g/mol. The van der Waals surface area contributed by atoms with Gasteiger partial charge in [-0.3, -0.25) is 4.79 Å². The van der Waals surface area contributed by atoms with Gasteiger partial charge in [0.1, 0.15) is 22.9 Å². The van der Waals surface area contributed by atoms with Gasteiger partial charge in [-0.05, 0) is 124 Å². The summed E-state index contributed by atoms with van der Waals surface area (Å²) in [6.07, 6.45) is 7.12. The Kier molecular flexibility index (Phi) is 5.58. The summed E-state index contributed by atoms with van der Waals surface area (Å²) in [6.45, 7) is 8.47. The number of phenolic OH excluding ortho intramolecular Hbond substituents is 1. The van der Waals surface area contributed by atoms with E-state index >= 15 is 0 Å². The zero-order valence-electron chi connectivity index (χ0n) is 20.6. The van der Waals surface area contributed by atoms with Crippen LogP contribution in [-0.4, -0.2) is 16.5 Å². The van der Waals surface area contributed by atoms with Gasteiger partial charge in [-0.1, -0.05) is 25.1 Å². The summed E-state index contributed by atoms with van der Waals surface area (Å²) in [5.41, 5.74) is 3.74. The first-order chi connectivity index (χ1) is 15.6. The van der Waals surface area contributed by atoms with Gasteiger partial charge in [0.05, 0.1) is 0 Å². The largest absolute Gasteiger partial charge is 0.508 e. The van der Waals surface area contributed by atoms with Crippen LogP contribution in [0, 0.1) is 23.2 Å². The molecule has 0 aromatic heterocycles. The van der Waals surface area contributed by atoms with Gasteiger partial charge >= 0.3 is 0 Å². The molecule has 3 heteroatoms. The highest BCUT2D eigenvalue weighted by molar-refractivity contribution is 5.87. The number of benzene rings is 2. The Morgan fingerprint density at radius 2 is 1.85 bits per heavy atom. The Labute approximate surface area is 198 Å². The van der Waals surface area contributed by atoms with E-state index in [1.54, 1.807) is 0 Å². The maximum absolute atomic E-state index is 13.2. The van der Waals surface area contributed by atoms with E-state index in [0.717, 1.165) is 50.7 Å². The second-order valence-corrected chi connectivity index (χ2v) is 12.0. The van der Waals surface area contributed by atoms with E-state index < -0.39 is 0 Å². The first kappa shape index (κ1) is 22.5. The fraction of sp³-hybridized carbons (Fsp3) is 0.567. The predicted molar refractivity (Wildman–Crippen MR) is 132 cm³/mol. The molecule has 2 fully saturated rings. The van der Waals surface area contributed by atoms with Crippen LogP contribution in [0.2, 0.25) is 0 Å². The summed E-state index contributed by atoms with van der Waals surface area (Å²) in [5.74, 6) is 3.86. The third kappa shape index (κ3) is 4.20. The maximum Gasteiger partial charge on any atom is 0.139 e. The Balaban J connectivity index is 1.33. The SMILES string of the molecule is CC(C)(C)Oc1ccc(CC[C@H]2CC(=O)[C@@]3(C)CC[C@@H]4c5ccc(O)cc5CC[C@H]4[C@H]23)cc1. The van der Waals surface area contributed by atoms with Crippen molar-refractivity contribution < 1.29 is 14.6 Å². The van der Waals surface area contributed by atoms with Gasteiger partial charge in [-0.2, -0.15) is 0 Å². The summed E-state index contributed by atoms with van der Waals surface area (Å²) in [5, 5.41) is 9.95. The zero-order valence-corrected chi connectivity index (χ0v) is 20.6. The van der Waals surface area contributed by atoms with Crippen molar-refractivity contribution in [1.29, 1.82) is 0 Å². The molecule has 0 heterocycles. The number of ketones is 1. The van der Waals surface area contributed by atoms with Gasteiger partial charge in [0, 0.05) is 11.8 Å². The number of hydrogen-bond donors (Lipinski definition) is 1. The molecular formula is C30H38O3. The number of phenols is 1. The van der Waals surface area contributed by atoms with Crippen LogP contribution in [0.4, 0.5) is 0 Å². The molecule has 5 rings (SSSR count). The number of aryl methyl sites for hydroxylation is 2. The lowest BCUT2D eigenvalue weighted by Crippen LogP contribution is -2.44. The fourth-order valence-corrected chi connectivity index (χ4v) is 7.32. The highest BCUT2D eigenvalue weighted by Gasteiger charge is 2.58. The minimum atomic E-state index is -0.189. The minimum absolute atomic E-state index is 0.148. The standard InChI is InChI=1S/C30H38O3/c1-29(2,3)33-23-11-6-19(7-12-23)5-8-21-18-27(32)30(4)16-15-25-24-14-10-22(31)17-20(24)9-13-26(25)28(21)30/h6-7,10-12,14,17,21,25-26,28,31H,5,8-9,13,15-16,18H2,1-4H3/t21-,25+,26+,28-,30+/m0/s1. The van der Waals surface area contributed by atoms with Crippen LogP contribution in [0.15, 0.2) is 42.5 Å². The lowest BCUT2D eigenvalue weighted by atomic mass is 9.54. The highest BCUT2D eigenvalue weighted by atomic mass is 16.5. The molecule has 33 heavy (non-hydrogen) atoms. The molecule has 0 bridgehead atoms. The second kappa shape index (κ2) is 8.18. The molecule has 3 aliphatic rings. The Bertz CT molecular complexity index is 1030. The number of aromatic hydroxyl groups is 1. The average Bonchev–Trinajstić information content (AvgIpc) is 3.02. The van der Waals surface area contributed by atoms with Crippen LogP contribution in [0.3, 0.4) is 0 Å². The van der Waals surface area contributed by atoms with Crippen LogP contribution >= 0.6 is 0 Å². The molecule has 0 unspecified atom stereocenters. The quantitative estimate of drug-likeness (QED) is 0.558. The molecule has 1 N–H and O–H groups in total. The fourth-order valence-electron chi connectivity index (χ4n) is 7.32. The number of rotatable bonds is 4. The van der Waals surface area contributed by atoms with E-state index in [9.17, 15) is 9.90 Å². The summed E-state index contributed by atoms with van der Waals surface area (Å²) in [7, 11) is 0. The van der Waals surface area contributed by atoms with Crippen molar-refractivity contribution in [3.05, 3.63) is 59.2 Å². The number of Topliss-reactive ketones (excluding diaryl/α,β-unsaturated/α-hetero) is 1. The molecule has 0 saturated heterocycles. The van der Waals surface area contributed by atoms with E-state index in [0.29, 0.717) is 35.2 Å². The Hall–Kier alpha value is -2.29. The summed E-state index contributed by atoms with van der Waals surface area (Å²) >= 11 is 0. The number of ether oxygens (including phenoxy) is 1. The molecule has 5 atom stereocenters. The van der Waals surface area contributed by atoms with Crippen LogP contribution in [-0.2, 0) is 17.6 Å². The summed E-state index contributed by atoms with van der Waals surface area (Å²) < 4.78 is 5.97. The van der Waals surface area contributed by atoms with E-state index in [4.69, 9.17) is 4.74 Å². The lowest BCUT2D eigenvalue weighted by molar-refractivity contribution is -0.129. The molecule has 2 saturated carbocycles. The smallest absolute Gasteiger partial charge is 0.139 e. The lowest BCUT2D eigenvalue weighted by Gasteiger charge is -2.50. The van der Waals surface area contributed by atoms with Crippen molar-refractivity contribution in [1.82, 2.24) is 0 Å². The van der Waals surface area contributed by atoms with Gasteiger partial charge < -0.3 is 9.84 Å². The molecule has 3 nitrogen and oxygen atoms in total. The Morgan fingerprint density at radius 1 is 1.09 bits per heavy atom. The molecule has 0 radical (unpaired) electrons. The Morgan fingerprint density at radius 3 is 2.58 bits per heavy atom. The van der Waals surface area contributed by atoms with Gasteiger partial charge in [-0.25, -0.2) is 0 Å². The van der Waals surface area contributed by atoms with Crippen molar-refractivity contribution in [3.8, 4) is 11.5 Å². The van der Waals surface area contributed by atoms with Crippen LogP contribution in [0.5, 0.6) is 11.5 Å². The van der Waals surface area contributed by atoms with E-state index in [2.05, 4.69) is 58.0 Å². The van der Waals surface area contributed by atoms with Crippen LogP contribution in [0.1, 0.15) is 82.4 Å². The molecule has 0 amide bonds. The van der Waals surface area contributed by atoms with Crippen molar-refractivity contribution >= 4 is 5.78 Å². The normalized spacial score (nSPS) is 31.0. The average molecular weight is 447 g/mol. The van der Waals surface area contributed by atoms with Crippen LogP contribution < -0.4 is 4.74 Å². The predicted octanol–water partition coefficient (Wildman–Crippen LogP) is 6.85. The van der Waals surface area contributed by atoms with Crippen molar-refractivity contribution in [3.63, 3.8) is 0 Å². The molecule has 176 valence electrons. The molecular weight excluding hydrogens is 408 g/mol. The zero-order chi connectivity index (χ0) is 23.4. The molecule has 3 aliphatic carbocycles. The number of hydrogen-bond acceptors (Lipinski definition) is 3. The third-order valence-corrected chi connectivity index (χ3v) is 8.71. The van der Waals surface area contributed by atoms with E-state index in [-0.39, 0.29) is 11.0 Å². The van der Waals surface area contributed by atoms with Crippen LogP contribution in [0.25, 0.3) is 0 Å². The molecule has 0 spiro atoms. The number of fused-ring (bicyclic) bond motifs is 5. The van der Waals surface area contributed by atoms with Gasteiger partial charge in [-0.15, -0.1) is 0 Å².